The number of carboxylic acid groups (broad SMARTS) is 5. The Balaban J connectivity index is 1.31. The number of aliphatic carboxylic acids is 5. The molecule has 25 atom stereocenters. The summed E-state index contributed by atoms with van der Waals surface area (Å²) in [7, 11) is 0. The lowest BCUT2D eigenvalue weighted by Gasteiger charge is -2.49. The summed E-state index contributed by atoms with van der Waals surface area (Å²) in [5.41, 5.74) is 0. The van der Waals surface area contributed by atoms with Crippen molar-refractivity contribution in [3.63, 3.8) is 0 Å². The van der Waals surface area contributed by atoms with Crippen LogP contribution in [0.3, 0.4) is 0 Å². The first-order valence-electron chi connectivity index (χ1n) is 17.5. The maximum Gasteiger partial charge on any atom is 0.335 e. The standard InChI is InChI=1S/C30H42O30/c31-1-3(33)13(53-18(4(1)34)23(43)44)14-6(36)7(37)15(20(54-14)25(47)48)55-29-11(41)9(39)17(22(59-29)27(51)52)57-30-12(42)8(38)16(21(60-30)26(49)50)56-28-10(40)2(32)5(35)19(58-28)24(45)46/h1-22,28-42H,(H,43,44)(H,45,46)(H,47,48)(H,49,50)(H,51,52)/t1?,2-,3?,4-,5-,6?,7+,8+,9+,10?,11?,12?,13+,14-,15-,16-,17-,18+,19?,20?,21?,22?,28-,29-,30-/m0/s1. The van der Waals surface area contributed by atoms with E-state index in [4.69, 9.17) is 37.9 Å². The zero-order chi connectivity index (χ0) is 45.0. The normalized spacial score (nSPS) is 50.0. The van der Waals surface area contributed by atoms with Gasteiger partial charge in [0.25, 0.3) is 0 Å². The fourth-order valence-electron chi connectivity index (χ4n) is 7.13. The smallest absolute Gasteiger partial charge is 0.335 e. The average Bonchev–Trinajstić information content (AvgIpc) is 3.17. The van der Waals surface area contributed by atoms with E-state index in [2.05, 4.69) is 0 Å². The Labute approximate surface area is 332 Å². The summed E-state index contributed by atoms with van der Waals surface area (Å²) in [6, 6.07) is 0. The number of rotatable bonds is 12. The van der Waals surface area contributed by atoms with Crippen molar-refractivity contribution in [1.82, 2.24) is 0 Å². The summed E-state index contributed by atoms with van der Waals surface area (Å²) in [6.07, 6.45) is -59.2. The van der Waals surface area contributed by atoms with Crippen LogP contribution in [0.2, 0.25) is 0 Å². The molecule has 0 radical (unpaired) electrons. The lowest BCUT2D eigenvalue weighted by atomic mass is 9.85. The minimum Gasteiger partial charge on any atom is -0.479 e. The van der Waals surface area contributed by atoms with Gasteiger partial charge in [0.2, 0.25) is 0 Å². The van der Waals surface area contributed by atoms with E-state index in [9.17, 15) is 111 Å². The van der Waals surface area contributed by atoms with Crippen LogP contribution >= 0.6 is 0 Å². The van der Waals surface area contributed by atoms with Crippen molar-refractivity contribution in [3.05, 3.63) is 0 Å². The van der Waals surface area contributed by atoms with Gasteiger partial charge in [0, 0.05) is 0 Å². The second-order valence-electron chi connectivity index (χ2n) is 14.2. The fourth-order valence-corrected chi connectivity index (χ4v) is 7.13. The van der Waals surface area contributed by atoms with Gasteiger partial charge in [-0.1, -0.05) is 0 Å². The van der Waals surface area contributed by atoms with Gasteiger partial charge in [-0.3, -0.25) is 0 Å². The van der Waals surface area contributed by atoms with Crippen LogP contribution in [-0.4, -0.2) is 270 Å². The van der Waals surface area contributed by atoms with Gasteiger partial charge in [-0.2, -0.15) is 0 Å². The predicted molar refractivity (Wildman–Crippen MR) is 168 cm³/mol. The molecule has 5 heterocycles. The number of ether oxygens (including phenoxy) is 8. The van der Waals surface area contributed by atoms with Gasteiger partial charge in [0.1, 0.15) is 104 Å². The highest BCUT2D eigenvalue weighted by molar-refractivity contribution is 5.75. The minimum atomic E-state index is -2.56. The molecule has 342 valence electrons. The average molecular weight is 883 g/mol. The first-order chi connectivity index (χ1) is 27.9. The molecule has 30 nitrogen and oxygen atoms in total. The van der Waals surface area contributed by atoms with Gasteiger partial charge in [-0.15, -0.1) is 0 Å². The second-order valence-corrected chi connectivity index (χ2v) is 14.2. The Morgan fingerprint density at radius 3 is 0.867 bits per heavy atom. The molecule has 0 bridgehead atoms. The highest BCUT2D eigenvalue weighted by atomic mass is 16.8. The van der Waals surface area contributed by atoms with Crippen molar-refractivity contribution >= 4 is 29.8 Å². The Kier molecular flexibility index (Phi) is 14.7. The van der Waals surface area contributed by atoms with Crippen molar-refractivity contribution in [2.45, 2.75) is 153 Å². The third kappa shape index (κ3) is 8.90. The number of carboxylic acids is 5. The van der Waals surface area contributed by atoms with E-state index in [0.717, 1.165) is 0 Å². The van der Waals surface area contributed by atoms with E-state index >= 15 is 0 Å². The van der Waals surface area contributed by atoms with E-state index in [0.29, 0.717) is 0 Å². The van der Waals surface area contributed by atoms with Gasteiger partial charge >= 0.3 is 29.8 Å². The van der Waals surface area contributed by atoms with E-state index in [1.165, 1.54) is 0 Å². The van der Waals surface area contributed by atoms with E-state index in [1.54, 1.807) is 0 Å². The van der Waals surface area contributed by atoms with Crippen molar-refractivity contribution in [2.75, 3.05) is 0 Å². The van der Waals surface area contributed by atoms with Crippen LogP contribution < -0.4 is 0 Å². The molecule has 0 spiro atoms. The van der Waals surface area contributed by atoms with Crippen LogP contribution in [0.1, 0.15) is 0 Å². The number of hydrogen-bond acceptors (Lipinski definition) is 25. The van der Waals surface area contributed by atoms with Gasteiger partial charge in [-0.05, 0) is 0 Å². The number of aliphatic hydroxyl groups excluding tert-OH is 12. The molecule has 30 heteroatoms. The monoisotopic (exact) mass is 882 g/mol. The molecule has 5 aliphatic heterocycles. The number of aliphatic hydroxyl groups is 12. The zero-order valence-corrected chi connectivity index (χ0v) is 29.8. The van der Waals surface area contributed by atoms with Gasteiger partial charge in [0.05, 0.1) is 0 Å². The van der Waals surface area contributed by atoms with Gasteiger partial charge in [0.15, 0.2) is 49.4 Å². The van der Waals surface area contributed by atoms with Crippen LogP contribution in [0.15, 0.2) is 0 Å². The third-order valence-corrected chi connectivity index (χ3v) is 10.3. The molecule has 0 aromatic carbocycles. The second kappa shape index (κ2) is 18.5. The summed E-state index contributed by atoms with van der Waals surface area (Å²) < 4.78 is 41.3. The number of hydrogen-bond donors (Lipinski definition) is 17. The Bertz CT molecular complexity index is 1580. The summed E-state index contributed by atoms with van der Waals surface area (Å²) in [5, 5.41) is 175. The number of carbonyl (C=O) groups is 5. The highest BCUT2D eigenvalue weighted by Crippen LogP contribution is 2.37. The summed E-state index contributed by atoms with van der Waals surface area (Å²) in [4.78, 5) is 59.8. The summed E-state index contributed by atoms with van der Waals surface area (Å²) >= 11 is 0. The molecular weight excluding hydrogens is 840 g/mol. The molecular formula is C30H42O30. The lowest BCUT2D eigenvalue weighted by molar-refractivity contribution is -0.377. The molecule has 0 aromatic heterocycles. The fraction of sp³-hybridized carbons (Fsp3) is 0.833. The molecule has 0 aromatic rings. The Morgan fingerprint density at radius 1 is 0.283 bits per heavy atom. The topological polar surface area (TPSA) is 503 Å². The lowest BCUT2D eigenvalue weighted by Crippen LogP contribution is -2.71. The van der Waals surface area contributed by atoms with Gasteiger partial charge < -0.3 is 125 Å². The SMILES string of the molecule is O=C(O)C1O[C@H](O[C@@H]2C(C(=O)O)O[C@H](O[C@@H]3C(C(=O)O)O[C@H](O[C@@H]4C(C(=O)O)O[C@H]([C@@H]5O[C@@H](C(=O)O)[C@@H](O)C(O)C5O)C(O)[C@H]4O)C(O)[C@H]3O)C(O)[C@H]2O)C(O)[C@@H](O)[C@@H]1O. The van der Waals surface area contributed by atoms with Crippen LogP contribution in [0.4, 0.5) is 0 Å². The predicted octanol–water partition coefficient (Wildman–Crippen LogP) is -11.4. The summed E-state index contributed by atoms with van der Waals surface area (Å²) in [6.45, 7) is 0. The highest BCUT2D eigenvalue weighted by Gasteiger charge is 2.60. The van der Waals surface area contributed by atoms with E-state index in [-0.39, 0.29) is 0 Å². The maximum atomic E-state index is 12.3. The molecule has 0 amide bonds. The zero-order valence-electron chi connectivity index (χ0n) is 29.8. The van der Waals surface area contributed by atoms with E-state index in [1.807, 2.05) is 0 Å². The first kappa shape index (κ1) is 47.6. The quantitative estimate of drug-likeness (QED) is 0.0865. The Morgan fingerprint density at radius 2 is 0.517 bits per heavy atom. The van der Waals surface area contributed by atoms with Crippen LogP contribution in [0, 0.1) is 0 Å². The largest absolute Gasteiger partial charge is 0.479 e. The molecule has 60 heavy (non-hydrogen) atoms. The van der Waals surface area contributed by atoms with Crippen molar-refractivity contribution in [3.8, 4) is 0 Å². The summed E-state index contributed by atoms with van der Waals surface area (Å²) in [5.74, 6) is -9.84. The van der Waals surface area contributed by atoms with Crippen LogP contribution in [0.25, 0.3) is 0 Å². The van der Waals surface area contributed by atoms with Crippen molar-refractivity contribution < 1.29 is 149 Å². The van der Waals surface area contributed by atoms with E-state index < -0.39 is 183 Å². The molecule has 0 saturated carbocycles. The molecule has 5 rings (SSSR count). The Hall–Kier alpha value is -3.45. The first-order valence-corrected chi connectivity index (χ1v) is 17.5. The third-order valence-electron chi connectivity index (χ3n) is 10.3. The maximum absolute atomic E-state index is 12.3. The molecule has 5 fully saturated rings. The van der Waals surface area contributed by atoms with Crippen LogP contribution in [0.5, 0.6) is 0 Å². The molecule has 5 saturated heterocycles. The van der Waals surface area contributed by atoms with Crippen molar-refractivity contribution in [2.24, 2.45) is 0 Å². The molecule has 10 unspecified atom stereocenters. The molecule has 5 aliphatic rings. The van der Waals surface area contributed by atoms with Gasteiger partial charge in [-0.25, -0.2) is 24.0 Å². The minimum absolute atomic E-state index is 1.87. The molecule has 0 aliphatic carbocycles. The molecule has 17 N–H and O–H groups in total. The van der Waals surface area contributed by atoms with Crippen LogP contribution in [-0.2, 0) is 61.9 Å². The van der Waals surface area contributed by atoms with Crippen molar-refractivity contribution in [1.29, 1.82) is 0 Å².